The Bertz CT molecular complexity index is 567. The lowest BCUT2D eigenvalue weighted by atomic mass is 10.0. The van der Waals surface area contributed by atoms with E-state index in [0.717, 1.165) is 22.7 Å². The Labute approximate surface area is 117 Å². The zero-order valence-corrected chi connectivity index (χ0v) is 11.7. The highest BCUT2D eigenvalue weighted by Crippen LogP contribution is 2.25. The third-order valence-electron chi connectivity index (χ3n) is 2.98. The van der Waals surface area contributed by atoms with Gasteiger partial charge >= 0.3 is 0 Å². The lowest BCUT2D eigenvalue weighted by Gasteiger charge is -2.05. The minimum Gasteiger partial charge on any atom is -0.457 e. The average Bonchev–Trinajstić information content (AvgIpc) is 2.85. The average molecular weight is 279 g/mol. The van der Waals surface area contributed by atoms with Crippen LogP contribution in [-0.4, -0.2) is 5.88 Å². The Morgan fingerprint density at radius 1 is 1.21 bits per heavy atom. The predicted molar refractivity (Wildman–Crippen MR) is 77.6 cm³/mol. The summed E-state index contributed by atoms with van der Waals surface area (Å²) in [4.78, 5) is 0. The number of allylic oxidation sites excluding steroid dienone is 1. The molecule has 1 heterocycles. The normalized spacial score (nSPS) is 12.2. The Balaban J connectivity index is 2.26. The molecule has 2 rings (SSSR count). The number of hydrogen-bond donors (Lipinski definition) is 0. The summed E-state index contributed by atoms with van der Waals surface area (Å²) in [5.74, 6) is 2.12. The number of hydrogen-bond acceptors (Lipinski definition) is 1. The number of rotatable bonds is 4. The molecule has 0 N–H and O–H groups in total. The van der Waals surface area contributed by atoms with Crippen LogP contribution < -0.4 is 0 Å². The van der Waals surface area contributed by atoms with Gasteiger partial charge in [-0.1, -0.05) is 13.8 Å². The highest BCUT2D eigenvalue weighted by molar-refractivity contribution is 6.19. The van der Waals surface area contributed by atoms with Crippen LogP contribution in [0, 0.1) is 11.7 Å². The molecule has 0 fully saturated rings. The van der Waals surface area contributed by atoms with Gasteiger partial charge in [-0.05, 0) is 54.0 Å². The molecule has 0 atom stereocenters. The van der Waals surface area contributed by atoms with Crippen LogP contribution in [0.1, 0.15) is 19.6 Å². The van der Waals surface area contributed by atoms with Crippen LogP contribution in [0.4, 0.5) is 4.39 Å². The molecular formula is C16H16ClFO. The molecule has 19 heavy (non-hydrogen) atoms. The van der Waals surface area contributed by atoms with E-state index in [4.69, 9.17) is 16.0 Å². The Morgan fingerprint density at radius 2 is 1.89 bits per heavy atom. The lowest BCUT2D eigenvalue weighted by molar-refractivity contribution is 0.569. The topological polar surface area (TPSA) is 13.1 Å². The van der Waals surface area contributed by atoms with Gasteiger partial charge in [0.05, 0.1) is 0 Å². The molecule has 3 heteroatoms. The quantitative estimate of drug-likeness (QED) is 0.686. The first kappa shape index (κ1) is 13.9. The first-order chi connectivity index (χ1) is 9.10. The zero-order chi connectivity index (χ0) is 13.8. The van der Waals surface area contributed by atoms with E-state index in [1.165, 1.54) is 12.1 Å². The van der Waals surface area contributed by atoms with Gasteiger partial charge in [0, 0.05) is 11.4 Å². The lowest BCUT2D eigenvalue weighted by Crippen LogP contribution is -1.94. The van der Waals surface area contributed by atoms with Crippen molar-refractivity contribution in [3.8, 4) is 11.3 Å². The molecular weight excluding hydrogens is 263 g/mol. The molecule has 0 unspecified atom stereocenters. The maximum Gasteiger partial charge on any atom is 0.134 e. The fourth-order valence-electron chi connectivity index (χ4n) is 1.74. The van der Waals surface area contributed by atoms with Crippen LogP contribution in [0.5, 0.6) is 0 Å². The van der Waals surface area contributed by atoms with E-state index in [1.807, 2.05) is 18.2 Å². The first-order valence-corrected chi connectivity index (χ1v) is 6.76. The molecule has 0 bridgehead atoms. The maximum atomic E-state index is 12.9. The summed E-state index contributed by atoms with van der Waals surface area (Å²) in [5.41, 5.74) is 1.99. The van der Waals surface area contributed by atoms with Gasteiger partial charge in [-0.15, -0.1) is 11.6 Å². The molecule has 0 saturated carbocycles. The van der Waals surface area contributed by atoms with E-state index in [9.17, 15) is 4.39 Å². The molecule has 100 valence electrons. The first-order valence-electron chi connectivity index (χ1n) is 6.22. The summed E-state index contributed by atoms with van der Waals surface area (Å²) in [6, 6.07) is 10.0. The molecule has 0 aliphatic carbocycles. The molecule has 0 saturated heterocycles. The molecule has 2 aromatic rings. The van der Waals surface area contributed by atoms with Crippen molar-refractivity contribution >= 4 is 17.7 Å². The molecule has 0 spiro atoms. The highest BCUT2D eigenvalue weighted by Gasteiger charge is 2.06. The fraction of sp³-hybridized carbons (Fsp3) is 0.250. The van der Waals surface area contributed by atoms with Crippen LogP contribution in [0.15, 0.2) is 46.4 Å². The van der Waals surface area contributed by atoms with Crippen molar-refractivity contribution < 1.29 is 8.81 Å². The van der Waals surface area contributed by atoms with Gasteiger partial charge in [0.2, 0.25) is 0 Å². The number of alkyl halides is 1. The Kier molecular flexibility index (Phi) is 4.43. The number of halogens is 2. The van der Waals surface area contributed by atoms with Crippen molar-refractivity contribution in [1.82, 2.24) is 0 Å². The second-order valence-electron chi connectivity index (χ2n) is 4.72. The number of furan rings is 1. The summed E-state index contributed by atoms with van der Waals surface area (Å²) >= 11 is 5.90. The van der Waals surface area contributed by atoms with Crippen LogP contribution in [0.25, 0.3) is 17.4 Å². The monoisotopic (exact) mass is 278 g/mol. The van der Waals surface area contributed by atoms with Gasteiger partial charge in [-0.25, -0.2) is 4.39 Å². The van der Waals surface area contributed by atoms with Crippen molar-refractivity contribution in [2.24, 2.45) is 5.92 Å². The minimum absolute atomic E-state index is 0.250. The summed E-state index contributed by atoms with van der Waals surface area (Å²) < 4.78 is 18.6. The van der Waals surface area contributed by atoms with Crippen molar-refractivity contribution in [3.05, 3.63) is 53.5 Å². The van der Waals surface area contributed by atoms with Gasteiger partial charge in [-0.2, -0.15) is 0 Å². The number of benzene rings is 1. The van der Waals surface area contributed by atoms with Gasteiger partial charge < -0.3 is 4.42 Å². The molecule has 0 radical (unpaired) electrons. The molecule has 1 aromatic carbocycles. The van der Waals surface area contributed by atoms with Crippen molar-refractivity contribution in [1.29, 1.82) is 0 Å². The Morgan fingerprint density at radius 3 is 2.47 bits per heavy atom. The van der Waals surface area contributed by atoms with Crippen LogP contribution in [-0.2, 0) is 0 Å². The van der Waals surface area contributed by atoms with Crippen LogP contribution in [0.3, 0.4) is 0 Å². The predicted octanol–water partition coefficient (Wildman–Crippen LogP) is 5.36. The Hall–Kier alpha value is -1.54. The van der Waals surface area contributed by atoms with E-state index in [0.29, 0.717) is 11.8 Å². The van der Waals surface area contributed by atoms with E-state index in [1.54, 1.807) is 12.1 Å². The second kappa shape index (κ2) is 6.07. The van der Waals surface area contributed by atoms with E-state index >= 15 is 0 Å². The zero-order valence-electron chi connectivity index (χ0n) is 11.0. The molecule has 1 aromatic heterocycles. The second-order valence-corrected chi connectivity index (χ2v) is 4.98. The van der Waals surface area contributed by atoms with Gasteiger partial charge in [0.25, 0.3) is 0 Å². The van der Waals surface area contributed by atoms with Crippen molar-refractivity contribution in [2.75, 3.05) is 5.88 Å². The van der Waals surface area contributed by atoms with E-state index in [2.05, 4.69) is 13.8 Å². The van der Waals surface area contributed by atoms with Gasteiger partial charge in [-0.3, -0.25) is 0 Å². The molecule has 0 aliphatic heterocycles. The molecule has 1 nitrogen and oxygen atoms in total. The minimum atomic E-state index is -0.250. The summed E-state index contributed by atoms with van der Waals surface area (Å²) in [6.07, 6.45) is 1.96. The van der Waals surface area contributed by atoms with Gasteiger partial charge in [0.1, 0.15) is 17.3 Å². The summed E-state index contributed by atoms with van der Waals surface area (Å²) in [6.45, 7) is 4.19. The highest BCUT2D eigenvalue weighted by atomic mass is 35.5. The summed E-state index contributed by atoms with van der Waals surface area (Å²) in [7, 11) is 0. The third kappa shape index (κ3) is 3.48. The van der Waals surface area contributed by atoms with Gasteiger partial charge in [0.15, 0.2) is 0 Å². The van der Waals surface area contributed by atoms with E-state index in [-0.39, 0.29) is 5.82 Å². The molecule has 0 aliphatic rings. The third-order valence-corrected chi connectivity index (χ3v) is 3.29. The van der Waals surface area contributed by atoms with Crippen LogP contribution >= 0.6 is 11.6 Å². The van der Waals surface area contributed by atoms with Crippen molar-refractivity contribution in [3.63, 3.8) is 0 Å². The van der Waals surface area contributed by atoms with E-state index < -0.39 is 0 Å². The maximum absolute atomic E-state index is 12.9. The summed E-state index contributed by atoms with van der Waals surface area (Å²) in [5, 5.41) is 0. The molecule has 0 amide bonds. The van der Waals surface area contributed by atoms with Crippen molar-refractivity contribution in [2.45, 2.75) is 13.8 Å². The SMILES string of the molecule is CC(C)C(=Cc1ccc(-c2ccc(F)cc2)o1)CCl. The largest absolute Gasteiger partial charge is 0.457 e. The fourth-order valence-corrected chi connectivity index (χ4v) is 2.13. The smallest absolute Gasteiger partial charge is 0.134 e. The standard InChI is InChI=1S/C16H16ClFO/c1-11(2)13(10-17)9-15-7-8-16(19-15)12-3-5-14(18)6-4-12/h3-9,11H,10H2,1-2H3. The van der Waals surface area contributed by atoms with Crippen LogP contribution in [0.2, 0.25) is 0 Å².